The van der Waals surface area contributed by atoms with Crippen molar-refractivity contribution in [3.8, 4) is 5.75 Å². The minimum Gasteiger partial charge on any atom is -0.492 e. The first-order chi connectivity index (χ1) is 8.72. The van der Waals surface area contributed by atoms with E-state index in [0.717, 1.165) is 27.9 Å². The lowest BCUT2D eigenvalue weighted by atomic mass is 10.2. The third kappa shape index (κ3) is 2.91. The lowest BCUT2D eigenvalue weighted by Gasteiger charge is -2.12. The number of hydrogen-bond acceptors (Lipinski definition) is 3. The van der Waals surface area contributed by atoms with Crippen molar-refractivity contribution in [3.05, 3.63) is 46.2 Å². The number of nitrogens with zero attached hydrogens (tertiary/aromatic N) is 2. The van der Waals surface area contributed by atoms with E-state index < -0.39 is 0 Å². The summed E-state index contributed by atoms with van der Waals surface area (Å²) in [4.78, 5) is 0. The fourth-order valence-corrected chi connectivity index (χ4v) is 2.30. The molecular weight excluding hydrogens is 294 g/mol. The highest BCUT2D eigenvalue weighted by atomic mass is 79.9. The Morgan fingerprint density at radius 2 is 2.22 bits per heavy atom. The monoisotopic (exact) mass is 309 g/mol. The van der Waals surface area contributed by atoms with Crippen molar-refractivity contribution >= 4 is 15.9 Å². The topological polar surface area (TPSA) is 53.1 Å². The molecule has 96 valence electrons. The Bertz CT molecular complexity index is 525. The summed E-state index contributed by atoms with van der Waals surface area (Å²) in [5.41, 5.74) is 7.85. The number of halogens is 1. The molecule has 0 saturated carbocycles. The standard InChI is InChI=1S/C13H16BrN3O/c1-17-11(5-7-16-17)6-8-18-13-10(9-15)3-2-4-12(13)14/h2-5,7H,6,8-9,15H2,1H3. The van der Waals surface area contributed by atoms with Crippen molar-refractivity contribution < 1.29 is 4.74 Å². The van der Waals surface area contributed by atoms with Gasteiger partial charge in [-0.3, -0.25) is 4.68 Å². The molecule has 2 N–H and O–H groups in total. The zero-order chi connectivity index (χ0) is 13.0. The van der Waals surface area contributed by atoms with Gasteiger partial charge in [0.25, 0.3) is 0 Å². The number of ether oxygens (including phenoxy) is 1. The highest BCUT2D eigenvalue weighted by molar-refractivity contribution is 9.10. The molecule has 18 heavy (non-hydrogen) atoms. The first-order valence-corrected chi connectivity index (χ1v) is 6.59. The number of aromatic nitrogens is 2. The summed E-state index contributed by atoms with van der Waals surface area (Å²) in [6.45, 7) is 1.08. The van der Waals surface area contributed by atoms with Crippen LogP contribution in [0.4, 0.5) is 0 Å². The molecule has 1 aromatic carbocycles. The van der Waals surface area contributed by atoms with E-state index in [4.69, 9.17) is 10.5 Å². The van der Waals surface area contributed by atoms with Crippen LogP contribution in [0, 0.1) is 0 Å². The van der Waals surface area contributed by atoms with Crippen molar-refractivity contribution in [1.29, 1.82) is 0 Å². The molecule has 0 fully saturated rings. The molecule has 2 aromatic rings. The van der Waals surface area contributed by atoms with Crippen molar-refractivity contribution in [3.63, 3.8) is 0 Å². The minimum atomic E-state index is 0.473. The maximum Gasteiger partial charge on any atom is 0.137 e. The summed E-state index contributed by atoms with van der Waals surface area (Å²) in [6, 6.07) is 7.89. The molecule has 0 aliphatic rings. The van der Waals surface area contributed by atoms with E-state index in [9.17, 15) is 0 Å². The van der Waals surface area contributed by atoms with Crippen LogP contribution < -0.4 is 10.5 Å². The largest absolute Gasteiger partial charge is 0.492 e. The Hall–Kier alpha value is -1.33. The van der Waals surface area contributed by atoms with E-state index in [1.807, 2.05) is 36.0 Å². The van der Waals surface area contributed by atoms with Gasteiger partial charge in [-0.25, -0.2) is 0 Å². The summed E-state index contributed by atoms with van der Waals surface area (Å²) in [5, 5.41) is 4.13. The third-order valence-corrected chi connectivity index (χ3v) is 3.42. The Balaban J connectivity index is 2.00. The average molecular weight is 310 g/mol. The molecule has 0 saturated heterocycles. The normalized spacial score (nSPS) is 10.6. The van der Waals surface area contributed by atoms with Gasteiger partial charge in [0.2, 0.25) is 0 Å². The predicted octanol–water partition coefficient (Wildman–Crippen LogP) is 2.26. The van der Waals surface area contributed by atoms with E-state index in [0.29, 0.717) is 13.2 Å². The third-order valence-electron chi connectivity index (χ3n) is 2.80. The summed E-state index contributed by atoms with van der Waals surface area (Å²) in [7, 11) is 1.93. The molecule has 0 unspecified atom stereocenters. The first-order valence-electron chi connectivity index (χ1n) is 5.79. The van der Waals surface area contributed by atoms with E-state index >= 15 is 0 Å². The summed E-state index contributed by atoms with van der Waals surface area (Å²) in [5.74, 6) is 0.835. The summed E-state index contributed by atoms with van der Waals surface area (Å²) >= 11 is 3.48. The molecule has 0 bridgehead atoms. The minimum absolute atomic E-state index is 0.473. The van der Waals surface area contributed by atoms with Gasteiger partial charge in [0.1, 0.15) is 5.75 Å². The van der Waals surface area contributed by atoms with Gasteiger partial charge in [-0.05, 0) is 28.1 Å². The molecule has 0 atom stereocenters. The SMILES string of the molecule is Cn1nccc1CCOc1c(Br)cccc1CN. The highest BCUT2D eigenvalue weighted by Gasteiger charge is 2.07. The lowest BCUT2D eigenvalue weighted by molar-refractivity contribution is 0.313. The maximum absolute atomic E-state index is 5.82. The summed E-state index contributed by atoms with van der Waals surface area (Å²) in [6.07, 6.45) is 2.61. The number of aryl methyl sites for hydroxylation is 1. The molecule has 0 radical (unpaired) electrons. The number of para-hydroxylation sites is 1. The van der Waals surface area contributed by atoms with Gasteiger partial charge in [0.15, 0.2) is 0 Å². The molecule has 0 aliphatic carbocycles. The zero-order valence-electron chi connectivity index (χ0n) is 10.3. The second-order valence-electron chi connectivity index (χ2n) is 3.98. The average Bonchev–Trinajstić information content (AvgIpc) is 2.77. The van der Waals surface area contributed by atoms with Crippen LogP contribution in [0.5, 0.6) is 5.75 Å². The fourth-order valence-electron chi connectivity index (χ4n) is 1.78. The first kappa shape index (κ1) is 13.1. The van der Waals surface area contributed by atoms with E-state index in [1.165, 1.54) is 0 Å². The molecule has 0 spiro atoms. The summed E-state index contributed by atoms with van der Waals surface area (Å²) < 4.78 is 8.61. The van der Waals surface area contributed by atoms with Gasteiger partial charge in [-0.2, -0.15) is 5.10 Å². The van der Waals surface area contributed by atoms with Crippen LogP contribution in [-0.4, -0.2) is 16.4 Å². The van der Waals surface area contributed by atoms with Gasteiger partial charge in [0, 0.05) is 37.5 Å². The van der Waals surface area contributed by atoms with E-state index in [-0.39, 0.29) is 0 Å². The van der Waals surface area contributed by atoms with Crippen LogP contribution >= 0.6 is 15.9 Å². The quantitative estimate of drug-likeness (QED) is 0.921. The molecule has 0 amide bonds. The Morgan fingerprint density at radius 1 is 1.39 bits per heavy atom. The molecule has 5 heteroatoms. The Morgan fingerprint density at radius 3 is 2.89 bits per heavy atom. The second kappa shape index (κ2) is 6.02. The number of benzene rings is 1. The highest BCUT2D eigenvalue weighted by Crippen LogP contribution is 2.28. The Labute approximate surface area is 115 Å². The van der Waals surface area contributed by atoms with Crippen LogP contribution in [-0.2, 0) is 20.0 Å². The molecule has 4 nitrogen and oxygen atoms in total. The van der Waals surface area contributed by atoms with Crippen molar-refractivity contribution in [2.75, 3.05) is 6.61 Å². The van der Waals surface area contributed by atoms with Gasteiger partial charge in [-0.1, -0.05) is 12.1 Å². The predicted molar refractivity (Wildman–Crippen MR) is 74.4 cm³/mol. The molecular formula is C13H16BrN3O. The maximum atomic E-state index is 5.82. The molecule has 1 heterocycles. The molecule has 2 rings (SSSR count). The van der Waals surface area contributed by atoms with Crippen molar-refractivity contribution in [2.45, 2.75) is 13.0 Å². The van der Waals surface area contributed by atoms with Gasteiger partial charge < -0.3 is 10.5 Å². The van der Waals surface area contributed by atoms with E-state index in [1.54, 1.807) is 6.20 Å². The lowest BCUT2D eigenvalue weighted by Crippen LogP contribution is -2.08. The second-order valence-corrected chi connectivity index (χ2v) is 4.83. The van der Waals surface area contributed by atoms with E-state index in [2.05, 4.69) is 21.0 Å². The van der Waals surface area contributed by atoms with Crippen LogP contribution in [0.3, 0.4) is 0 Å². The fraction of sp³-hybridized carbons (Fsp3) is 0.308. The zero-order valence-corrected chi connectivity index (χ0v) is 11.9. The van der Waals surface area contributed by atoms with Gasteiger partial charge in [-0.15, -0.1) is 0 Å². The van der Waals surface area contributed by atoms with Crippen LogP contribution in [0.2, 0.25) is 0 Å². The number of nitrogens with two attached hydrogens (primary N) is 1. The van der Waals surface area contributed by atoms with Crippen LogP contribution in [0.25, 0.3) is 0 Å². The van der Waals surface area contributed by atoms with Crippen molar-refractivity contribution in [2.24, 2.45) is 12.8 Å². The van der Waals surface area contributed by atoms with Gasteiger partial charge >= 0.3 is 0 Å². The molecule has 0 aliphatic heterocycles. The number of rotatable bonds is 5. The smallest absolute Gasteiger partial charge is 0.137 e. The molecule has 1 aromatic heterocycles. The van der Waals surface area contributed by atoms with Crippen LogP contribution in [0.1, 0.15) is 11.3 Å². The Kier molecular flexibility index (Phi) is 4.38. The van der Waals surface area contributed by atoms with Crippen LogP contribution in [0.15, 0.2) is 34.9 Å². The number of hydrogen-bond donors (Lipinski definition) is 1. The van der Waals surface area contributed by atoms with Crippen molar-refractivity contribution in [1.82, 2.24) is 9.78 Å². The van der Waals surface area contributed by atoms with Gasteiger partial charge in [0.05, 0.1) is 11.1 Å².